The van der Waals surface area contributed by atoms with Crippen LogP contribution in [0.2, 0.25) is 0 Å². The summed E-state index contributed by atoms with van der Waals surface area (Å²) in [5.74, 6) is -0.173. The molecule has 1 aromatic heterocycles. The third-order valence-corrected chi connectivity index (χ3v) is 1.48. The van der Waals surface area contributed by atoms with Crippen molar-refractivity contribution in [3.63, 3.8) is 0 Å². The van der Waals surface area contributed by atoms with Crippen LogP contribution >= 0.6 is 0 Å². The molecule has 2 rings (SSSR count). The minimum absolute atomic E-state index is 0.173. The van der Waals surface area contributed by atoms with Gasteiger partial charge in [-0.1, -0.05) is 0 Å². The molecule has 0 unspecified atom stereocenters. The van der Waals surface area contributed by atoms with Crippen molar-refractivity contribution in [3.05, 3.63) is 18.0 Å². The van der Waals surface area contributed by atoms with E-state index in [9.17, 15) is 4.79 Å². The quantitative estimate of drug-likeness (QED) is 0.472. The molecular formula is C6H6N2O2. The predicted octanol–water partition coefficient (Wildman–Crippen LogP) is -0.0601. The van der Waals surface area contributed by atoms with Crippen LogP contribution < -0.4 is 0 Å². The average Bonchev–Trinajstić information content (AvgIpc) is 2.33. The number of carbonyl (C=O) groups is 1. The number of ether oxygens (including phenoxy) is 1. The highest BCUT2D eigenvalue weighted by molar-refractivity contribution is 5.72. The van der Waals surface area contributed by atoms with Gasteiger partial charge < -0.3 is 4.74 Å². The Morgan fingerprint density at radius 1 is 1.70 bits per heavy atom. The van der Waals surface area contributed by atoms with Gasteiger partial charge in [-0.25, -0.2) is 4.68 Å². The molecular weight excluding hydrogens is 132 g/mol. The third-order valence-electron chi connectivity index (χ3n) is 1.48. The molecule has 0 aliphatic carbocycles. The van der Waals surface area contributed by atoms with Gasteiger partial charge in [-0.2, -0.15) is 5.10 Å². The number of rotatable bonds is 0. The topological polar surface area (TPSA) is 44.1 Å². The Bertz CT molecular complexity index is 266. The van der Waals surface area contributed by atoms with Gasteiger partial charge in [0, 0.05) is 6.20 Å². The summed E-state index contributed by atoms with van der Waals surface area (Å²) in [6.45, 7) is 0.265. The average molecular weight is 138 g/mol. The Balaban J connectivity index is 2.39. The monoisotopic (exact) mass is 138 g/mol. The van der Waals surface area contributed by atoms with Crippen molar-refractivity contribution in [3.8, 4) is 0 Å². The SMILES string of the molecule is O=C1Cc2ccnn2CO1. The van der Waals surface area contributed by atoms with Crippen molar-refractivity contribution < 1.29 is 9.53 Å². The number of hydrogen-bond donors (Lipinski definition) is 0. The zero-order valence-electron chi connectivity index (χ0n) is 5.28. The number of hydrogen-bond acceptors (Lipinski definition) is 3. The van der Waals surface area contributed by atoms with Gasteiger partial charge in [-0.05, 0) is 6.07 Å². The summed E-state index contributed by atoms with van der Waals surface area (Å²) in [4.78, 5) is 10.7. The molecule has 0 atom stereocenters. The highest BCUT2D eigenvalue weighted by Gasteiger charge is 2.15. The summed E-state index contributed by atoms with van der Waals surface area (Å²) in [7, 11) is 0. The summed E-state index contributed by atoms with van der Waals surface area (Å²) < 4.78 is 6.39. The molecule has 4 heteroatoms. The van der Waals surface area contributed by atoms with Crippen molar-refractivity contribution >= 4 is 5.97 Å². The van der Waals surface area contributed by atoms with Crippen LogP contribution in [0.1, 0.15) is 5.69 Å². The number of fused-ring (bicyclic) bond motifs is 1. The van der Waals surface area contributed by atoms with E-state index in [-0.39, 0.29) is 12.7 Å². The highest BCUT2D eigenvalue weighted by atomic mass is 16.5. The number of cyclic esters (lactones) is 1. The van der Waals surface area contributed by atoms with Gasteiger partial charge in [-0.3, -0.25) is 4.79 Å². The first-order valence-corrected chi connectivity index (χ1v) is 3.02. The van der Waals surface area contributed by atoms with Crippen LogP contribution in [0.15, 0.2) is 12.3 Å². The van der Waals surface area contributed by atoms with Crippen LogP contribution in [0.3, 0.4) is 0 Å². The van der Waals surface area contributed by atoms with Crippen molar-refractivity contribution in [2.24, 2.45) is 0 Å². The third kappa shape index (κ3) is 0.689. The number of aromatic nitrogens is 2. The van der Waals surface area contributed by atoms with Crippen LogP contribution in [0.4, 0.5) is 0 Å². The summed E-state index contributed by atoms with van der Waals surface area (Å²) in [6, 6.07) is 1.82. The normalized spacial score (nSPS) is 16.2. The lowest BCUT2D eigenvalue weighted by molar-refractivity contribution is -0.149. The molecule has 0 amide bonds. The van der Waals surface area contributed by atoms with E-state index in [0.29, 0.717) is 6.42 Å². The molecule has 52 valence electrons. The van der Waals surface area contributed by atoms with Gasteiger partial charge in [0.2, 0.25) is 0 Å². The zero-order chi connectivity index (χ0) is 6.97. The Morgan fingerprint density at radius 3 is 3.50 bits per heavy atom. The molecule has 1 aromatic rings. The van der Waals surface area contributed by atoms with Crippen LogP contribution in [0.5, 0.6) is 0 Å². The van der Waals surface area contributed by atoms with E-state index in [1.807, 2.05) is 6.07 Å². The molecule has 0 fully saturated rings. The molecule has 1 aliphatic rings. The van der Waals surface area contributed by atoms with Gasteiger partial charge in [0.25, 0.3) is 0 Å². The Kier molecular flexibility index (Phi) is 1.00. The maximum absolute atomic E-state index is 10.7. The first kappa shape index (κ1) is 5.46. The fourth-order valence-corrected chi connectivity index (χ4v) is 0.959. The van der Waals surface area contributed by atoms with Gasteiger partial charge >= 0.3 is 5.97 Å². The van der Waals surface area contributed by atoms with Crippen LogP contribution in [-0.4, -0.2) is 15.7 Å². The fraction of sp³-hybridized carbons (Fsp3) is 0.333. The van der Waals surface area contributed by atoms with Crippen molar-refractivity contribution in [2.45, 2.75) is 13.2 Å². The largest absolute Gasteiger partial charge is 0.442 e. The molecule has 0 saturated heterocycles. The smallest absolute Gasteiger partial charge is 0.313 e. The Morgan fingerprint density at radius 2 is 2.60 bits per heavy atom. The highest BCUT2D eigenvalue weighted by Crippen LogP contribution is 2.06. The molecule has 4 nitrogen and oxygen atoms in total. The lowest BCUT2D eigenvalue weighted by atomic mass is 10.3. The van der Waals surface area contributed by atoms with Crippen LogP contribution in [-0.2, 0) is 22.7 Å². The zero-order valence-corrected chi connectivity index (χ0v) is 5.28. The van der Waals surface area contributed by atoms with E-state index in [0.717, 1.165) is 5.69 Å². The van der Waals surface area contributed by atoms with Crippen molar-refractivity contribution in [1.29, 1.82) is 0 Å². The predicted molar refractivity (Wildman–Crippen MR) is 32.0 cm³/mol. The number of esters is 1. The molecule has 0 radical (unpaired) electrons. The molecule has 0 N–H and O–H groups in total. The van der Waals surface area contributed by atoms with E-state index in [4.69, 9.17) is 4.74 Å². The van der Waals surface area contributed by atoms with Crippen molar-refractivity contribution in [1.82, 2.24) is 9.78 Å². The maximum Gasteiger partial charge on any atom is 0.313 e. The van der Waals surface area contributed by atoms with Gasteiger partial charge in [-0.15, -0.1) is 0 Å². The second-order valence-corrected chi connectivity index (χ2v) is 2.14. The maximum atomic E-state index is 10.7. The van der Waals surface area contributed by atoms with Gasteiger partial charge in [0.15, 0.2) is 6.73 Å². The van der Waals surface area contributed by atoms with Crippen molar-refractivity contribution in [2.75, 3.05) is 0 Å². The van der Waals surface area contributed by atoms with Gasteiger partial charge in [0.05, 0.1) is 12.1 Å². The van der Waals surface area contributed by atoms with E-state index >= 15 is 0 Å². The minimum Gasteiger partial charge on any atom is -0.442 e. The summed E-state index contributed by atoms with van der Waals surface area (Å²) in [5.41, 5.74) is 0.927. The molecule has 10 heavy (non-hydrogen) atoms. The lowest BCUT2D eigenvalue weighted by Crippen LogP contribution is -2.21. The molecule has 1 aliphatic heterocycles. The van der Waals surface area contributed by atoms with E-state index in [1.165, 1.54) is 0 Å². The first-order chi connectivity index (χ1) is 4.86. The summed E-state index contributed by atoms with van der Waals surface area (Å²) in [6.07, 6.45) is 2.01. The van der Waals surface area contributed by atoms with Gasteiger partial charge in [0.1, 0.15) is 0 Å². The fourth-order valence-electron chi connectivity index (χ4n) is 0.959. The number of nitrogens with zero attached hydrogens (tertiary/aromatic N) is 2. The molecule has 0 spiro atoms. The second-order valence-electron chi connectivity index (χ2n) is 2.14. The molecule has 0 aromatic carbocycles. The second kappa shape index (κ2) is 1.83. The Hall–Kier alpha value is -1.32. The molecule has 0 saturated carbocycles. The van der Waals surface area contributed by atoms with E-state index in [1.54, 1.807) is 10.9 Å². The van der Waals surface area contributed by atoms with Crippen LogP contribution in [0, 0.1) is 0 Å². The van der Waals surface area contributed by atoms with Crippen LogP contribution in [0.25, 0.3) is 0 Å². The molecule has 0 bridgehead atoms. The van der Waals surface area contributed by atoms with E-state index in [2.05, 4.69) is 5.10 Å². The summed E-state index contributed by atoms with van der Waals surface area (Å²) in [5, 5.41) is 3.93. The summed E-state index contributed by atoms with van der Waals surface area (Å²) >= 11 is 0. The number of carbonyl (C=O) groups excluding carboxylic acids is 1. The Labute approximate surface area is 57.4 Å². The standard InChI is InChI=1S/C6H6N2O2/c9-6-3-5-1-2-7-8(5)4-10-6/h1-2H,3-4H2. The van der Waals surface area contributed by atoms with E-state index < -0.39 is 0 Å². The minimum atomic E-state index is -0.173. The first-order valence-electron chi connectivity index (χ1n) is 3.02. The molecule has 2 heterocycles. The lowest BCUT2D eigenvalue weighted by Gasteiger charge is -2.12.